The van der Waals surface area contributed by atoms with Gasteiger partial charge in [0.2, 0.25) is 0 Å². The van der Waals surface area contributed by atoms with E-state index in [1.165, 1.54) is 0 Å². The zero-order valence-corrected chi connectivity index (χ0v) is 9.25. The van der Waals surface area contributed by atoms with Gasteiger partial charge in [-0.25, -0.2) is 0 Å². The molecular formula is C11H16O5. The lowest BCUT2D eigenvalue weighted by Gasteiger charge is -1.82. The Morgan fingerprint density at radius 2 is 1.44 bits per heavy atom. The Balaban J connectivity index is 0. The summed E-state index contributed by atoms with van der Waals surface area (Å²) in [6, 6.07) is 8.71. The van der Waals surface area contributed by atoms with Crippen molar-refractivity contribution in [3.05, 3.63) is 30.3 Å². The maximum atomic E-state index is 9.37. The highest BCUT2D eigenvalue weighted by Gasteiger charge is 1.80. The van der Waals surface area contributed by atoms with Gasteiger partial charge < -0.3 is 15.3 Å². The van der Waals surface area contributed by atoms with Gasteiger partial charge in [0, 0.05) is 13.3 Å². The SMILES string of the molecule is CC(=O)O.CCC(=O)O.Oc1ccccc1. The zero-order valence-electron chi connectivity index (χ0n) is 9.25. The van der Waals surface area contributed by atoms with E-state index in [-0.39, 0.29) is 6.42 Å². The van der Waals surface area contributed by atoms with Crippen molar-refractivity contribution in [3.8, 4) is 5.75 Å². The van der Waals surface area contributed by atoms with Crippen molar-refractivity contribution in [2.75, 3.05) is 0 Å². The van der Waals surface area contributed by atoms with E-state index >= 15 is 0 Å². The van der Waals surface area contributed by atoms with Gasteiger partial charge in [-0.05, 0) is 12.1 Å². The molecule has 0 heterocycles. The van der Waals surface area contributed by atoms with Gasteiger partial charge in [-0.1, -0.05) is 25.1 Å². The first-order chi connectivity index (χ1) is 7.40. The van der Waals surface area contributed by atoms with Crippen LogP contribution in [0.1, 0.15) is 20.3 Å². The molecule has 0 spiro atoms. The molecular weight excluding hydrogens is 212 g/mol. The molecule has 0 aliphatic rings. The van der Waals surface area contributed by atoms with Gasteiger partial charge in [0.15, 0.2) is 0 Å². The maximum Gasteiger partial charge on any atom is 0.303 e. The fraction of sp³-hybridized carbons (Fsp3) is 0.273. The van der Waals surface area contributed by atoms with Gasteiger partial charge in [0.25, 0.3) is 5.97 Å². The largest absolute Gasteiger partial charge is 0.508 e. The van der Waals surface area contributed by atoms with Gasteiger partial charge in [0.05, 0.1) is 0 Å². The lowest BCUT2D eigenvalue weighted by atomic mass is 10.3. The Morgan fingerprint density at radius 3 is 1.56 bits per heavy atom. The highest BCUT2D eigenvalue weighted by atomic mass is 16.4. The topological polar surface area (TPSA) is 94.8 Å². The summed E-state index contributed by atoms with van der Waals surface area (Å²) in [7, 11) is 0. The summed E-state index contributed by atoms with van der Waals surface area (Å²) in [6.45, 7) is 2.68. The molecule has 1 rings (SSSR count). The Bertz CT molecular complexity index is 291. The number of carbonyl (C=O) groups is 2. The number of para-hydroxylation sites is 1. The fourth-order valence-corrected chi connectivity index (χ4v) is 0.428. The molecule has 5 heteroatoms. The van der Waals surface area contributed by atoms with Crippen LogP contribution in [0.5, 0.6) is 5.75 Å². The van der Waals surface area contributed by atoms with E-state index in [2.05, 4.69) is 0 Å². The van der Waals surface area contributed by atoms with Crippen molar-refractivity contribution < 1.29 is 24.9 Å². The number of carboxylic acids is 2. The van der Waals surface area contributed by atoms with Crippen LogP contribution in [0, 0.1) is 0 Å². The first-order valence-corrected chi connectivity index (χ1v) is 4.55. The van der Waals surface area contributed by atoms with Crippen molar-refractivity contribution in [1.29, 1.82) is 0 Å². The van der Waals surface area contributed by atoms with Crippen LogP contribution in [0.3, 0.4) is 0 Å². The van der Waals surface area contributed by atoms with Gasteiger partial charge in [-0.3, -0.25) is 9.59 Å². The number of rotatable bonds is 1. The molecule has 0 saturated heterocycles. The van der Waals surface area contributed by atoms with Crippen LogP contribution in [0.25, 0.3) is 0 Å². The number of carboxylic acid groups (broad SMARTS) is 2. The molecule has 0 aliphatic heterocycles. The van der Waals surface area contributed by atoms with Crippen molar-refractivity contribution in [1.82, 2.24) is 0 Å². The molecule has 90 valence electrons. The highest BCUT2D eigenvalue weighted by molar-refractivity contribution is 5.66. The van der Waals surface area contributed by atoms with Crippen LogP contribution in [-0.2, 0) is 9.59 Å². The van der Waals surface area contributed by atoms with E-state index in [0.717, 1.165) is 6.92 Å². The molecule has 0 atom stereocenters. The summed E-state index contributed by atoms with van der Waals surface area (Å²) in [4.78, 5) is 18.4. The highest BCUT2D eigenvalue weighted by Crippen LogP contribution is 2.02. The summed E-state index contributed by atoms with van der Waals surface area (Å²) >= 11 is 0. The average Bonchev–Trinajstić information content (AvgIpc) is 2.19. The number of aromatic hydroxyl groups is 1. The number of aliphatic carboxylic acids is 2. The second-order valence-electron chi connectivity index (χ2n) is 2.60. The number of benzene rings is 1. The van der Waals surface area contributed by atoms with E-state index in [1.54, 1.807) is 31.2 Å². The predicted octanol–water partition coefficient (Wildman–Crippen LogP) is 1.96. The monoisotopic (exact) mass is 228 g/mol. The first-order valence-electron chi connectivity index (χ1n) is 4.55. The zero-order chi connectivity index (χ0) is 13.0. The second kappa shape index (κ2) is 11.0. The molecule has 0 aromatic heterocycles. The standard InChI is InChI=1S/C6H6O.C3H6O2.C2H4O2/c7-6-4-2-1-3-5-6;1-2-3(4)5;1-2(3)4/h1-5,7H;2H2,1H3,(H,4,5);1H3,(H,3,4). The predicted molar refractivity (Wildman–Crippen MR) is 59.3 cm³/mol. The van der Waals surface area contributed by atoms with Crippen molar-refractivity contribution in [3.63, 3.8) is 0 Å². The molecule has 0 saturated carbocycles. The quantitative estimate of drug-likeness (QED) is 0.683. The normalized spacial score (nSPS) is 7.62. The van der Waals surface area contributed by atoms with Crippen LogP contribution in [0.4, 0.5) is 0 Å². The van der Waals surface area contributed by atoms with Crippen LogP contribution in [-0.4, -0.2) is 27.3 Å². The summed E-state index contributed by atoms with van der Waals surface area (Å²) in [5.74, 6) is -1.26. The number of phenols is 1. The van der Waals surface area contributed by atoms with Crippen LogP contribution in [0.15, 0.2) is 30.3 Å². The minimum absolute atomic E-state index is 0.222. The average molecular weight is 228 g/mol. The van der Waals surface area contributed by atoms with E-state index in [0.29, 0.717) is 5.75 Å². The fourth-order valence-electron chi connectivity index (χ4n) is 0.428. The van der Waals surface area contributed by atoms with Gasteiger partial charge >= 0.3 is 5.97 Å². The Morgan fingerprint density at radius 1 is 1.12 bits per heavy atom. The summed E-state index contributed by atoms with van der Waals surface area (Å²) in [5.41, 5.74) is 0. The van der Waals surface area contributed by atoms with E-state index in [9.17, 15) is 4.79 Å². The number of hydrogen-bond acceptors (Lipinski definition) is 3. The number of phenolic OH excluding ortho intramolecular Hbond substituents is 1. The Labute approximate surface area is 94.0 Å². The molecule has 3 N–H and O–H groups in total. The maximum absolute atomic E-state index is 9.37. The molecule has 0 aliphatic carbocycles. The van der Waals surface area contributed by atoms with Gasteiger partial charge in [-0.2, -0.15) is 0 Å². The van der Waals surface area contributed by atoms with Crippen LogP contribution in [0.2, 0.25) is 0 Å². The van der Waals surface area contributed by atoms with Crippen molar-refractivity contribution in [2.24, 2.45) is 0 Å². The van der Waals surface area contributed by atoms with E-state index in [1.807, 2.05) is 6.07 Å². The molecule has 16 heavy (non-hydrogen) atoms. The third-order valence-corrected chi connectivity index (χ3v) is 1.06. The van der Waals surface area contributed by atoms with Gasteiger partial charge in [-0.15, -0.1) is 0 Å². The third kappa shape index (κ3) is 22.7. The minimum Gasteiger partial charge on any atom is -0.508 e. The van der Waals surface area contributed by atoms with E-state index in [4.69, 9.17) is 20.1 Å². The summed E-state index contributed by atoms with van der Waals surface area (Å²) < 4.78 is 0. The number of hydrogen-bond donors (Lipinski definition) is 3. The lowest BCUT2D eigenvalue weighted by Crippen LogP contribution is -1.86. The molecule has 0 amide bonds. The minimum atomic E-state index is -0.833. The lowest BCUT2D eigenvalue weighted by molar-refractivity contribution is -0.137. The molecule has 0 radical (unpaired) electrons. The van der Waals surface area contributed by atoms with E-state index < -0.39 is 11.9 Å². The van der Waals surface area contributed by atoms with Crippen molar-refractivity contribution in [2.45, 2.75) is 20.3 Å². The van der Waals surface area contributed by atoms with Crippen LogP contribution >= 0.6 is 0 Å². The Kier molecular flexibility index (Phi) is 11.3. The molecule has 0 unspecified atom stereocenters. The van der Waals surface area contributed by atoms with Gasteiger partial charge in [0.1, 0.15) is 5.75 Å². The Hall–Kier alpha value is -2.04. The smallest absolute Gasteiger partial charge is 0.303 e. The molecule has 1 aromatic rings. The third-order valence-electron chi connectivity index (χ3n) is 1.06. The molecule has 0 fully saturated rings. The molecule has 5 nitrogen and oxygen atoms in total. The summed E-state index contributed by atoms with van der Waals surface area (Å²) in [5, 5.41) is 23.8. The molecule has 1 aromatic carbocycles. The molecule has 0 bridgehead atoms. The second-order valence-corrected chi connectivity index (χ2v) is 2.60. The van der Waals surface area contributed by atoms with Crippen molar-refractivity contribution >= 4 is 11.9 Å². The summed E-state index contributed by atoms with van der Waals surface area (Å²) in [6.07, 6.45) is 0.222. The first kappa shape index (κ1) is 16.4. The van der Waals surface area contributed by atoms with Crippen LogP contribution < -0.4 is 0 Å².